The number of hydrogen-bond donors (Lipinski definition) is 3. The lowest BCUT2D eigenvalue weighted by atomic mass is 9.87. The van der Waals surface area contributed by atoms with Crippen LogP contribution in [0.25, 0.3) is 0 Å². The van der Waals surface area contributed by atoms with Crippen LogP contribution in [-0.2, 0) is 12.6 Å². The smallest absolute Gasteiger partial charge is 0.396 e. The molecule has 1 heterocycles. The molecule has 8 heteroatoms. The summed E-state index contributed by atoms with van der Waals surface area (Å²) in [6.45, 7) is 3.76. The minimum atomic E-state index is -4.39. The molecule has 2 rings (SSSR count). The zero-order valence-electron chi connectivity index (χ0n) is 15.1. The monoisotopic (exact) mass is 400 g/mol. The van der Waals surface area contributed by atoms with E-state index in [9.17, 15) is 23.1 Å². The van der Waals surface area contributed by atoms with Crippen molar-refractivity contribution in [2.24, 2.45) is 5.41 Å². The van der Waals surface area contributed by atoms with Crippen molar-refractivity contribution in [1.29, 1.82) is 0 Å². The maximum atomic E-state index is 12.6. The van der Waals surface area contributed by atoms with Gasteiger partial charge in [0.15, 0.2) is 0 Å². The summed E-state index contributed by atoms with van der Waals surface area (Å²) in [6.07, 6.45) is -3.75. The first-order chi connectivity index (χ1) is 12.6. The SMILES string of the molecule is CC(NC(=O)NCC(C)(CO)Cc1cccs1)c1ccc(C(F)(F)F)cc1. The number of urea groups is 1. The van der Waals surface area contributed by atoms with Crippen LogP contribution >= 0.6 is 11.3 Å². The average Bonchev–Trinajstić information content (AvgIpc) is 3.12. The molecule has 0 aliphatic heterocycles. The maximum Gasteiger partial charge on any atom is 0.416 e. The van der Waals surface area contributed by atoms with Gasteiger partial charge in [0.05, 0.1) is 18.2 Å². The highest BCUT2D eigenvalue weighted by Crippen LogP contribution is 2.30. The molecule has 27 heavy (non-hydrogen) atoms. The molecule has 2 aromatic rings. The van der Waals surface area contributed by atoms with Gasteiger partial charge in [-0.25, -0.2) is 4.79 Å². The second-order valence-electron chi connectivity index (χ2n) is 6.89. The number of aliphatic hydroxyl groups excluding tert-OH is 1. The van der Waals surface area contributed by atoms with Crippen molar-refractivity contribution in [3.05, 3.63) is 57.8 Å². The van der Waals surface area contributed by atoms with Gasteiger partial charge < -0.3 is 15.7 Å². The maximum absolute atomic E-state index is 12.6. The van der Waals surface area contributed by atoms with E-state index in [2.05, 4.69) is 10.6 Å². The predicted octanol–water partition coefficient (Wildman–Crippen LogP) is 4.37. The Morgan fingerprint density at radius 2 is 1.89 bits per heavy atom. The van der Waals surface area contributed by atoms with E-state index in [1.54, 1.807) is 18.3 Å². The number of thiophene rings is 1. The van der Waals surface area contributed by atoms with E-state index in [-0.39, 0.29) is 13.2 Å². The molecular weight excluding hydrogens is 377 g/mol. The molecule has 2 atom stereocenters. The van der Waals surface area contributed by atoms with Gasteiger partial charge in [-0.2, -0.15) is 13.2 Å². The summed E-state index contributed by atoms with van der Waals surface area (Å²) in [5, 5.41) is 17.1. The fourth-order valence-electron chi connectivity index (χ4n) is 2.59. The zero-order valence-corrected chi connectivity index (χ0v) is 16.0. The fourth-order valence-corrected chi connectivity index (χ4v) is 3.51. The summed E-state index contributed by atoms with van der Waals surface area (Å²) in [5.74, 6) is 0. The second kappa shape index (κ2) is 8.75. The Morgan fingerprint density at radius 3 is 2.41 bits per heavy atom. The quantitative estimate of drug-likeness (QED) is 0.646. The molecule has 0 saturated carbocycles. The van der Waals surface area contributed by atoms with Gasteiger partial charge in [-0.05, 0) is 42.5 Å². The highest BCUT2D eigenvalue weighted by Gasteiger charge is 2.30. The molecule has 3 N–H and O–H groups in total. The standard InChI is InChI=1S/C19H23F3N2O2S/c1-13(14-5-7-15(8-6-14)19(20,21)22)24-17(26)23-11-18(2,12-25)10-16-4-3-9-27-16/h3-9,13,25H,10-12H2,1-2H3,(H2,23,24,26). The minimum absolute atomic E-state index is 0.0837. The number of carbonyl (C=O) groups is 1. The summed E-state index contributed by atoms with van der Waals surface area (Å²) in [4.78, 5) is 13.3. The van der Waals surface area contributed by atoms with Gasteiger partial charge in [0.25, 0.3) is 0 Å². The first-order valence-corrected chi connectivity index (χ1v) is 9.36. The zero-order chi connectivity index (χ0) is 20.1. The highest BCUT2D eigenvalue weighted by molar-refractivity contribution is 7.09. The van der Waals surface area contributed by atoms with E-state index in [0.29, 0.717) is 12.0 Å². The third kappa shape index (κ3) is 6.25. The summed E-state index contributed by atoms with van der Waals surface area (Å²) in [6, 6.07) is 7.71. The van der Waals surface area contributed by atoms with Crippen LogP contribution in [0.5, 0.6) is 0 Å². The number of nitrogens with one attached hydrogen (secondary N) is 2. The van der Waals surface area contributed by atoms with Crippen molar-refractivity contribution < 1.29 is 23.1 Å². The summed E-state index contributed by atoms with van der Waals surface area (Å²) in [7, 11) is 0. The van der Waals surface area contributed by atoms with Gasteiger partial charge >= 0.3 is 12.2 Å². The van der Waals surface area contributed by atoms with Crippen molar-refractivity contribution in [1.82, 2.24) is 10.6 Å². The van der Waals surface area contributed by atoms with E-state index in [1.165, 1.54) is 12.1 Å². The molecule has 0 spiro atoms. The molecule has 4 nitrogen and oxygen atoms in total. The minimum Gasteiger partial charge on any atom is -0.396 e. The van der Waals surface area contributed by atoms with Crippen LogP contribution in [0.15, 0.2) is 41.8 Å². The Bertz CT molecular complexity index is 732. The van der Waals surface area contributed by atoms with E-state index < -0.39 is 29.2 Å². The van der Waals surface area contributed by atoms with Crippen LogP contribution in [0, 0.1) is 5.41 Å². The van der Waals surface area contributed by atoms with Gasteiger partial charge in [-0.15, -0.1) is 11.3 Å². The summed E-state index contributed by atoms with van der Waals surface area (Å²) in [5.41, 5.74) is -0.656. The van der Waals surface area contributed by atoms with Crippen molar-refractivity contribution in [2.45, 2.75) is 32.5 Å². The van der Waals surface area contributed by atoms with Gasteiger partial charge in [0.1, 0.15) is 0 Å². The molecule has 1 aromatic heterocycles. The molecule has 0 aliphatic rings. The molecule has 0 bridgehead atoms. The number of benzene rings is 1. The average molecular weight is 400 g/mol. The number of halogens is 3. The number of rotatable bonds is 7. The largest absolute Gasteiger partial charge is 0.416 e. The molecule has 1 aromatic carbocycles. The first kappa shape index (κ1) is 21.2. The molecule has 0 fully saturated rings. The Morgan fingerprint density at radius 1 is 1.22 bits per heavy atom. The van der Waals surface area contributed by atoms with Crippen LogP contribution < -0.4 is 10.6 Å². The van der Waals surface area contributed by atoms with Crippen molar-refractivity contribution in [2.75, 3.05) is 13.2 Å². The van der Waals surface area contributed by atoms with Gasteiger partial charge in [0.2, 0.25) is 0 Å². The van der Waals surface area contributed by atoms with Crippen LogP contribution in [-0.4, -0.2) is 24.3 Å². The Hall–Kier alpha value is -2.06. The lowest BCUT2D eigenvalue weighted by molar-refractivity contribution is -0.137. The second-order valence-corrected chi connectivity index (χ2v) is 7.93. The number of aliphatic hydroxyl groups is 1. The molecule has 2 amide bonds. The van der Waals surface area contributed by atoms with E-state index in [1.807, 2.05) is 24.4 Å². The number of hydrogen-bond acceptors (Lipinski definition) is 3. The Labute approximate surface area is 160 Å². The lowest BCUT2D eigenvalue weighted by Gasteiger charge is -2.27. The van der Waals surface area contributed by atoms with Crippen LogP contribution in [0.4, 0.5) is 18.0 Å². The number of carbonyl (C=O) groups excluding carboxylic acids is 1. The lowest BCUT2D eigenvalue weighted by Crippen LogP contribution is -2.44. The fraction of sp³-hybridized carbons (Fsp3) is 0.421. The Kier molecular flexibility index (Phi) is 6.89. The van der Waals surface area contributed by atoms with Crippen molar-refractivity contribution in [3.8, 4) is 0 Å². The van der Waals surface area contributed by atoms with E-state index >= 15 is 0 Å². The number of amides is 2. The number of alkyl halides is 3. The first-order valence-electron chi connectivity index (χ1n) is 8.48. The van der Waals surface area contributed by atoms with E-state index in [0.717, 1.165) is 17.0 Å². The van der Waals surface area contributed by atoms with Crippen molar-refractivity contribution in [3.63, 3.8) is 0 Å². The predicted molar refractivity (Wildman–Crippen MR) is 99.6 cm³/mol. The van der Waals surface area contributed by atoms with Crippen molar-refractivity contribution >= 4 is 17.4 Å². The normalized spacial score (nSPS) is 15.0. The topological polar surface area (TPSA) is 61.4 Å². The molecular formula is C19H23F3N2O2S. The molecule has 0 saturated heterocycles. The summed E-state index contributed by atoms with van der Waals surface area (Å²) < 4.78 is 37.8. The van der Waals surface area contributed by atoms with Crippen LogP contribution in [0.3, 0.4) is 0 Å². The summed E-state index contributed by atoms with van der Waals surface area (Å²) >= 11 is 1.59. The Balaban J connectivity index is 1.88. The van der Waals surface area contributed by atoms with Gasteiger partial charge in [-0.1, -0.05) is 25.1 Å². The van der Waals surface area contributed by atoms with Gasteiger partial charge in [0, 0.05) is 16.8 Å². The van der Waals surface area contributed by atoms with Crippen LogP contribution in [0.2, 0.25) is 0 Å². The van der Waals surface area contributed by atoms with E-state index in [4.69, 9.17) is 0 Å². The molecule has 0 radical (unpaired) electrons. The molecule has 2 unspecified atom stereocenters. The van der Waals surface area contributed by atoms with Gasteiger partial charge in [-0.3, -0.25) is 0 Å². The van der Waals surface area contributed by atoms with Crippen LogP contribution in [0.1, 0.15) is 35.9 Å². The molecule has 148 valence electrons. The third-order valence-electron chi connectivity index (χ3n) is 4.32. The third-order valence-corrected chi connectivity index (χ3v) is 5.20. The highest BCUT2D eigenvalue weighted by atomic mass is 32.1. The molecule has 0 aliphatic carbocycles.